The van der Waals surface area contributed by atoms with Gasteiger partial charge in [0.2, 0.25) is 17.7 Å². The average molecular weight is 879 g/mol. The van der Waals surface area contributed by atoms with Crippen LogP contribution in [0.4, 0.5) is 5.69 Å². The summed E-state index contributed by atoms with van der Waals surface area (Å²) in [6.45, 7) is 9.15. The van der Waals surface area contributed by atoms with Crippen LogP contribution in [0.3, 0.4) is 0 Å². The fourth-order valence-corrected chi connectivity index (χ4v) is 9.59. The lowest BCUT2D eigenvalue weighted by Crippen LogP contribution is -2.51. The number of carbonyl (C=O) groups is 4. The van der Waals surface area contributed by atoms with Crippen LogP contribution in [0.5, 0.6) is 0 Å². The van der Waals surface area contributed by atoms with Gasteiger partial charge in [0, 0.05) is 69.3 Å². The number of aromatic nitrogens is 2. The maximum absolute atomic E-state index is 13.5. The minimum absolute atomic E-state index is 0.0863. The van der Waals surface area contributed by atoms with Gasteiger partial charge in [0.1, 0.15) is 6.04 Å². The van der Waals surface area contributed by atoms with E-state index in [4.69, 9.17) is 0 Å². The SMILES string of the molecule is Cc1ccc(NC2CNC2)cc1C(=O)N[C@H](C)c1ccc(C#CCCCN(C)CCCCC(=O)N2CCC(c3ccc4c(c3)n(C)c(=O)n4C3CCC(=O)NC3=O)CC2)c2ccccc12. The largest absolute Gasteiger partial charge is 0.380 e. The number of benzene rings is 4. The Morgan fingerprint density at radius 2 is 1.66 bits per heavy atom. The van der Waals surface area contributed by atoms with Crippen molar-refractivity contribution in [1.29, 1.82) is 0 Å². The molecular weight excluding hydrogens is 817 g/mol. The number of nitrogens with zero attached hydrogens (tertiary/aromatic N) is 4. The molecule has 4 amide bonds. The zero-order valence-corrected chi connectivity index (χ0v) is 38.2. The van der Waals surface area contributed by atoms with E-state index in [1.807, 2.05) is 67.3 Å². The number of hydrogen-bond donors (Lipinski definition) is 4. The normalized spacial score (nSPS) is 17.4. The average Bonchev–Trinajstić information content (AvgIpc) is 3.54. The van der Waals surface area contributed by atoms with Crippen LogP contribution in [-0.2, 0) is 21.4 Å². The number of rotatable bonds is 15. The van der Waals surface area contributed by atoms with Crippen LogP contribution in [0.15, 0.2) is 77.6 Å². The highest BCUT2D eigenvalue weighted by molar-refractivity contribution is 6.00. The number of aryl methyl sites for hydroxylation is 2. The van der Waals surface area contributed by atoms with Gasteiger partial charge in [-0.3, -0.25) is 33.6 Å². The van der Waals surface area contributed by atoms with E-state index in [1.165, 1.54) is 4.57 Å². The van der Waals surface area contributed by atoms with E-state index in [0.717, 1.165) is 109 Å². The predicted molar refractivity (Wildman–Crippen MR) is 256 cm³/mol. The van der Waals surface area contributed by atoms with Crippen molar-refractivity contribution in [3.05, 3.63) is 111 Å². The third-order valence-corrected chi connectivity index (χ3v) is 13.6. The van der Waals surface area contributed by atoms with Gasteiger partial charge in [0.15, 0.2) is 0 Å². The molecule has 0 radical (unpaired) electrons. The molecule has 65 heavy (non-hydrogen) atoms. The molecule has 13 nitrogen and oxygen atoms in total. The number of carbonyl (C=O) groups excluding carboxylic acids is 4. The van der Waals surface area contributed by atoms with Crippen LogP contribution in [-0.4, -0.2) is 94.9 Å². The molecule has 1 aromatic heterocycles. The first-order valence-electron chi connectivity index (χ1n) is 23.4. The molecule has 4 aromatic carbocycles. The number of anilines is 1. The molecule has 13 heteroatoms. The first kappa shape index (κ1) is 45.3. The van der Waals surface area contributed by atoms with Gasteiger partial charge in [-0.2, -0.15) is 0 Å². The summed E-state index contributed by atoms with van der Waals surface area (Å²) >= 11 is 0. The molecule has 340 valence electrons. The first-order chi connectivity index (χ1) is 31.4. The lowest BCUT2D eigenvalue weighted by atomic mass is 9.89. The van der Waals surface area contributed by atoms with Gasteiger partial charge >= 0.3 is 5.69 Å². The number of piperidine rings is 2. The standard InChI is InChI=1S/C52H62N8O5/c1-34-16-19-39(55-40-32-53-33-40)31-44(34)50(63)54-35(2)41-20-17-37(42-13-7-8-14-43(41)42)12-6-5-10-26-57(3)27-11-9-15-49(62)59-28-24-36(25-29-59)38-18-21-45-47(30-38)58(4)52(65)60(45)46-22-23-48(61)56-51(46)64/h7-8,13-14,16-21,30-31,35-36,40,46,53,55H,5,9-11,15,22-29,32-33H2,1-4H3,(H,54,63)(H,56,61,64)/t35-,46?/m1/s1. The summed E-state index contributed by atoms with van der Waals surface area (Å²) in [6, 6.07) is 23.9. The minimum Gasteiger partial charge on any atom is -0.380 e. The maximum Gasteiger partial charge on any atom is 0.329 e. The molecule has 4 N–H and O–H groups in total. The highest BCUT2D eigenvalue weighted by Gasteiger charge is 2.32. The van der Waals surface area contributed by atoms with Crippen molar-refractivity contribution in [1.82, 2.24) is 34.9 Å². The molecule has 0 saturated carbocycles. The highest BCUT2D eigenvalue weighted by atomic mass is 16.2. The molecule has 3 aliphatic rings. The summed E-state index contributed by atoms with van der Waals surface area (Å²) < 4.78 is 3.09. The molecular formula is C52H62N8O5. The van der Waals surface area contributed by atoms with Crippen molar-refractivity contribution in [3.8, 4) is 11.8 Å². The predicted octanol–water partition coefficient (Wildman–Crippen LogP) is 6.29. The molecule has 3 fully saturated rings. The van der Waals surface area contributed by atoms with E-state index in [-0.39, 0.29) is 41.8 Å². The Bertz CT molecular complexity index is 2710. The second-order valence-corrected chi connectivity index (χ2v) is 18.2. The number of fused-ring (bicyclic) bond motifs is 2. The third-order valence-electron chi connectivity index (χ3n) is 13.6. The molecule has 0 bridgehead atoms. The number of amides is 4. The third kappa shape index (κ3) is 10.3. The van der Waals surface area contributed by atoms with E-state index < -0.39 is 11.9 Å². The molecule has 3 aliphatic heterocycles. The number of hydrogen-bond acceptors (Lipinski definition) is 8. The maximum atomic E-state index is 13.5. The number of imide groups is 1. The Balaban J connectivity index is 0.752. The smallest absolute Gasteiger partial charge is 0.329 e. The quantitative estimate of drug-likeness (QED) is 0.0545. The second kappa shape index (κ2) is 20.3. The van der Waals surface area contributed by atoms with Gasteiger partial charge in [-0.05, 0) is 136 Å². The topological polar surface area (TPSA) is 150 Å². The summed E-state index contributed by atoms with van der Waals surface area (Å²) in [6.07, 6.45) is 6.33. The van der Waals surface area contributed by atoms with Gasteiger partial charge in [0.25, 0.3) is 5.91 Å². The van der Waals surface area contributed by atoms with Gasteiger partial charge < -0.3 is 25.8 Å². The fourth-order valence-electron chi connectivity index (χ4n) is 9.59. The van der Waals surface area contributed by atoms with Crippen molar-refractivity contribution in [2.45, 2.75) is 95.7 Å². The first-order valence-corrected chi connectivity index (χ1v) is 23.4. The Morgan fingerprint density at radius 1 is 0.892 bits per heavy atom. The van der Waals surface area contributed by atoms with Gasteiger partial charge in [-0.1, -0.05) is 54.3 Å². The van der Waals surface area contributed by atoms with Crippen LogP contribution in [0.2, 0.25) is 0 Å². The van der Waals surface area contributed by atoms with Crippen molar-refractivity contribution in [3.63, 3.8) is 0 Å². The number of unbranched alkanes of at least 4 members (excludes halogenated alkanes) is 2. The summed E-state index contributed by atoms with van der Waals surface area (Å²) in [5.74, 6) is 6.49. The van der Waals surface area contributed by atoms with Gasteiger partial charge in [-0.15, -0.1) is 0 Å². The van der Waals surface area contributed by atoms with E-state index >= 15 is 0 Å². The van der Waals surface area contributed by atoms with Crippen LogP contribution >= 0.6 is 0 Å². The fraction of sp³-hybridized carbons (Fsp3) is 0.442. The van der Waals surface area contributed by atoms with E-state index in [0.29, 0.717) is 43.1 Å². The van der Waals surface area contributed by atoms with Crippen LogP contribution in [0.1, 0.15) is 115 Å². The monoisotopic (exact) mass is 878 g/mol. The highest BCUT2D eigenvalue weighted by Crippen LogP contribution is 2.32. The van der Waals surface area contributed by atoms with Crippen molar-refractivity contribution >= 4 is 51.1 Å². The Hall–Kier alpha value is -6.23. The summed E-state index contributed by atoms with van der Waals surface area (Å²) in [5, 5.41) is 14.6. The molecule has 0 spiro atoms. The van der Waals surface area contributed by atoms with Gasteiger partial charge in [0.05, 0.1) is 23.1 Å². The lowest BCUT2D eigenvalue weighted by Gasteiger charge is -2.32. The number of imidazole rings is 1. The molecule has 4 heterocycles. The molecule has 3 saturated heterocycles. The lowest BCUT2D eigenvalue weighted by molar-refractivity contribution is -0.136. The Labute approximate surface area is 381 Å². The van der Waals surface area contributed by atoms with Crippen LogP contribution in [0.25, 0.3) is 21.8 Å². The summed E-state index contributed by atoms with van der Waals surface area (Å²) in [5.41, 5.74) is 6.95. The Kier molecular flexibility index (Phi) is 14.2. The minimum atomic E-state index is -0.704. The zero-order valence-electron chi connectivity index (χ0n) is 38.2. The number of nitrogens with one attached hydrogen (secondary N) is 4. The van der Waals surface area contributed by atoms with E-state index in [1.54, 1.807) is 11.6 Å². The molecule has 8 rings (SSSR count). The molecule has 5 aromatic rings. The van der Waals surface area contributed by atoms with Crippen molar-refractivity contribution in [2.75, 3.05) is 51.6 Å². The molecule has 1 unspecified atom stereocenters. The van der Waals surface area contributed by atoms with Crippen molar-refractivity contribution < 1.29 is 19.2 Å². The van der Waals surface area contributed by atoms with Crippen LogP contribution in [0, 0.1) is 18.8 Å². The summed E-state index contributed by atoms with van der Waals surface area (Å²) in [4.78, 5) is 68.5. The van der Waals surface area contributed by atoms with E-state index in [2.05, 4.69) is 69.3 Å². The number of likely N-dealkylation sites (tertiary alicyclic amines) is 1. The Morgan fingerprint density at radius 3 is 2.42 bits per heavy atom. The van der Waals surface area contributed by atoms with Gasteiger partial charge in [-0.25, -0.2) is 4.79 Å². The summed E-state index contributed by atoms with van der Waals surface area (Å²) in [7, 11) is 3.85. The van der Waals surface area contributed by atoms with E-state index in [9.17, 15) is 24.0 Å². The zero-order chi connectivity index (χ0) is 45.6. The molecule has 2 atom stereocenters. The van der Waals surface area contributed by atoms with Crippen LogP contribution < -0.4 is 27.0 Å². The van der Waals surface area contributed by atoms with Crippen molar-refractivity contribution in [2.24, 2.45) is 7.05 Å². The molecule has 0 aliphatic carbocycles. The second-order valence-electron chi connectivity index (χ2n) is 18.2.